The molecule has 66 valence electrons. The third-order valence-electron chi connectivity index (χ3n) is 2.20. The molecule has 0 aliphatic heterocycles. The highest BCUT2D eigenvalue weighted by Crippen LogP contribution is 2.23. The minimum atomic E-state index is -2.92. The molecule has 1 saturated carbocycles. The second kappa shape index (κ2) is 3.11. The van der Waals surface area contributed by atoms with Crippen molar-refractivity contribution in [2.75, 3.05) is 6.26 Å². The van der Waals surface area contributed by atoms with Gasteiger partial charge in [-0.2, -0.15) is 0 Å². The summed E-state index contributed by atoms with van der Waals surface area (Å²) in [7, 11) is -2.92. The van der Waals surface area contributed by atoms with Crippen molar-refractivity contribution >= 4 is 9.84 Å². The Hall–Kier alpha value is -0.0900. The van der Waals surface area contributed by atoms with Crippen LogP contribution < -0.4 is 0 Å². The average Bonchev–Trinajstić information content (AvgIpc) is 1.86. The predicted molar refractivity (Wildman–Crippen MR) is 43.1 cm³/mol. The zero-order chi connectivity index (χ0) is 8.48. The molecule has 3 nitrogen and oxygen atoms in total. The van der Waals surface area contributed by atoms with Gasteiger partial charge in [-0.3, -0.25) is 0 Å². The molecule has 1 fully saturated rings. The van der Waals surface area contributed by atoms with Crippen molar-refractivity contribution in [3.63, 3.8) is 0 Å². The molecule has 11 heavy (non-hydrogen) atoms. The first-order valence-electron chi connectivity index (χ1n) is 3.87. The van der Waals surface area contributed by atoms with Gasteiger partial charge < -0.3 is 5.11 Å². The highest BCUT2D eigenvalue weighted by atomic mass is 32.2. The summed E-state index contributed by atoms with van der Waals surface area (Å²) in [5, 5.41) is 8.88. The van der Waals surface area contributed by atoms with Crippen molar-refractivity contribution in [3.8, 4) is 0 Å². The fourth-order valence-corrected chi connectivity index (χ4v) is 2.68. The van der Waals surface area contributed by atoms with E-state index in [0.29, 0.717) is 6.42 Å². The molecule has 1 aliphatic rings. The standard InChI is InChI=1S/C7H14O3S/c1-11(9,10)7-4-2-3-6(8)5-7/h6-8H,2-5H2,1H3/t6-,7+/m1/s1. The molecule has 1 aliphatic carbocycles. The summed E-state index contributed by atoms with van der Waals surface area (Å²) in [5.74, 6) is 0. The van der Waals surface area contributed by atoms with E-state index in [2.05, 4.69) is 0 Å². The molecule has 0 heterocycles. The zero-order valence-corrected chi connectivity index (χ0v) is 7.47. The van der Waals surface area contributed by atoms with Gasteiger partial charge in [0.05, 0.1) is 11.4 Å². The van der Waals surface area contributed by atoms with E-state index in [1.165, 1.54) is 6.26 Å². The summed E-state index contributed by atoms with van der Waals surface area (Å²) in [6.45, 7) is 0. The van der Waals surface area contributed by atoms with Crippen LogP contribution in [-0.2, 0) is 9.84 Å². The summed E-state index contributed by atoms with van der Waals surface area (Å²) < 4.78 is 22.0. The van der Waals surface area contributed by atoms with E-state index in [-0.39, 0.29) is 5.25 Å². The number of hydrogen-bond acceptors (Lipinski definition) is 3. The molecule has 4 heteroatoms. The van der Waals surface area contributed by atoms with Gasteiger partial charge in [-0.25, -0.2) is 8.42 Å². The lowest BCUT2D eigenvalue weighted by Crippen LogP contribution is -2.29. The maximum atomic E-state index is 11.0. The first-order chi connectivity index (χ1) is 5.00. The summed E-state index contributed by atoms with van der Waals surface area (Å²) in [4.78, 5) is 0. The molecule has 0 aromatic rings. The molecule has 0 bridgehead atoms. The van der Waals surface area contributed by atoms with Crippen LogP contribution in [0.15, 0.2) is 0 Å². The van der Waals surface area contributed by atoms with Crippen molar-refractivity contribution in [2.45, 2.75) is 37.0 Å². The summed E-state index contributed by atoms with van der Waals surface area (Å²) in [5.41, 5.74) is 0. The summed E-state index contributed by atoms with van der Waals surface area (Å²) in [6.07, 6.45) is 3.58. The molecule has 0 aromatic carbocycles. The van der Waals surface area contributed by atoms with Crippen molar-refractivity contribution in [1.82, 2.24) is 0 Å². The van der Waals surface area contributed by atoms with E-state index >= 15 is 0 Å². The lowest BCUT2D eigenvalue weighted by molar-refractivity contribution is 0.131. The van der Waals surface area contributed by atoms with Crippen molar-refractivity contribution < 1.29 is 13.5 Å². The fraction of sp³-hybridized carbons (Fsp3) is 1.00. The molecule has 0 saturated heterocycles. The third-order valence-corrected chi connectivity index (χ3v) is 3.84. The Morgan fingerprint density at radius 1 is 1.36 bits per heavy atom. The lowest BCUT2D eigenvalue weighted by Gasteiger charge is -2.23. The zero-order valence-electron chi connectivity index (χ0n) is 6.66. The maximum absolute atomic E-state index is 11.0. The van der Waals surface area contributed by atoms with Crippen LogP contribution in [-0.4, -0.2) is 31.1 Å². The first kappa shape index (κ1) is 9.00. The minimum absolute atomic E-state index is 0.300. The predicted octanol–water partition coefficient (Wildman–Crippen LogP) is 0.335. The van der Waals surface area contributed by atoms with E-state index in [4.69, 9.17) is 0 Å². The largest absolute Gasteiger partial charge is 0.393 e. The average molecular weight is 178 g/mol. The molecule has 0 aromatic heterocycles. The number of hydrogen-bond donors (Lipinski definition) is 1. The summed E-state index contributed by atoms with van der Waals surface area (Å²) >= 11 is 0. The van der Waals surface area contributed by atoms with Gasteiger partial charge >= 0.3 is 0 Å². The Labute approximate surface area is 67.3 Å². The Kier molecular flexibility index (Phi) is 2.54. The normalized spacial score (nSPS) is 33.6. The van der Waals surface area contributed by atoms with Crippen LogP contribution in [0.1, 0.15) is 25.7 Å². The van der Waals surface area contributed by atoms with Crippen molar-refractivity contribution in [1.29, 1.82) is 0 Å². The molecule has 1 N–H and O–H groups in total. The Morgan fingerprint density at radius 2 is 2.00 bits per heavy atom. The van der Waals surface area contributed by atoms with Gasteiger partial charge in [0.15, 0.2) is 0 Å². The second-order valence-corrected chi connectivity index (χ2v) is 5.60. The third kappa shape index (κ3) is 2.45. The molecule has 0 unspecified atom stereocenters. The van der Waals surface area contributed by atoms with Crippen LogP contribution in [0, 0.1) is 0 Å². The van der Waals surface area contributed by atoms with Gasteiger partial charge in [-0.05, 0) is 25.7 Å². The van der Waals surface area contributed by atoms with E-state index in [1.807, 2.05) is 0 Å². The van der Waals surface area contributed by atoms with Crippen LogP contribution >= 0.6 is 0 Å². The van der Waals surface area contributed by atoms with E-state index < -0.39 is 15.9 Å². The maximum Gasteiger partial charge on any atom is 0.150 e. The SMILES string of the molecule is CS(=O)(=O)[C@H]1CCC[C@@H](O)C1. The molecular weight excluding hydrogens is 164 g/mol. The van der Waals surface area contributed by atoms with Gasteiger partial charge in [0, 0.05) is 6.26 Å². The molecule has 0 spiro atoms. The van der Waals surface area contributed by atoms with E-state index in [0.717, 1.165) is 19.3 Å². The van der Waals surface area contributed by atoms with Crippen molar-refractivity contribution in [2.24, 2.45) is 0 Å². The van der Waals surface area contributed by atoms with Gasteiger partial charge in [0.25, 0.3) is 0 Å². The molecule has 1 rings (SSSR count). The fourth-order valence-electron chi connectivity index (χ4n) is 1.51. The van der Waals surface area contributed by atoms with Gasteiger partial charge in [-0.15, -0.1) is 0 Å². The Bertz CT molecular complexity index is 220. The number of sulfone groups is 1. The van der Waals surface area contributed by atoms with Crippen molar-refractivity contribution in [3.05, 3.63) is 0 Å². The summed E-state index contributed by atoms with van der Waals surface area (Å²) in [6, 6.07) is 0. The quantitative estimate of drug-likeness (QED) is 0.629. The van der Waals surface area contributed by atoms with E-state index in [9.17, 15) is 13.5 Å². The molecular formula is C7H14O3S. The van der Waals surface area contributed by atoms with E-state index in [1.54, 1.807) is 0 Å². The molecule has 2 atom stereocenters. The highest BCUT2D eigenvalue weighted by molar-refractivity contribution is 7.91. The minimum Gasteiger partial charge on any atom is -0.393 e. The lowest BCUT2D eigenvalue weighted by atomic mass is 9.97. The van der Waals surface area contributed by atoms with Crippen LogP contribution in [0.5, 0.6) is 0 Å². The smallest absolute Gasteiger partial charge is 0.150 e. The monoisotopic (exact) mass is 178 g/mol. The van der Waals surface area contributed by atoms with Crippen LogP contribution in [0.3, 0.4) is 0 Å². The number of aliphatic hydroxyl groups is 1. The van der Waals surface area contributed by atoms with Crippen LogP contribution in [0.4, 0.5) is 0 Å². The molecule has 0 radical (unpaired) electrons. The van der Waals surface area contributed by atoms with Gasteiger partial charge in [-0.1, -0.05) is 0 Å². The van der Waals surface area contributed by atoms with Gasteiger partial charge in [0.1, 0.15) is 9.84 Å². The second-order valence-electron chi connectivity index (χ2n) is 3.27. The Balaban J connectivity index is 2.60. The Morgan fingerprint density at radius 3 is 2.36 bits per heavy atom. The topological polar surface area (TPSA) is 54.4 Å². The first-order valence-corrected chi connectivity index (χ1v) is 5.82. The number of aliphatic hydroxyl groups excluding tert-OH is 1. The number of rotatable bonds is 1. The van der Waals surface area contributed by atoms with Crippen LogP contribution in [0.2, 0.25) is 0 Å². The van der Waals surface area contributed by atoms with Crippen LogP contribution in [0.25, 0.3) is 0 Å². The van der Waals surface area contributed by atoms with Gasteiger partial charge in [0.2, 0.25) is 0 Å². The molecule has 0 amide bonds. The highest BCUT2D eigenvalue weighted by Gasteiger charge is 2.27.